The number of phenols is 3. The Balaban J connectivity index is 2.46. The minimum absolute atomic E-state index is 0.0311. The predicted molar refractivity (Wildman–Crippen MR) is 105 cm³/mol. The van der Waals surface area contributed by atoms with Crippen molar-refractivity contribution in [3.05, 3.63) is 46.5 Å². The molecule has 30 heavy (non-hydrogen) atoms. The van der Waals surface area contributed by atoms with Crippen molar-refractivity contribution in [1.82, 2.24) is 0 Å². The molecule has 0 aromatic heterocycles. The third-order valence-electron chi connectivity index (χ3n) is 4.79. The topological polar surface area (TPSA) is 93.7 Å². The number of hydrogen-bond acceptors (Lipinski definition) is 5. The number of ether oxygens (including phenoxy) is 1. The summed E-state index contributed by atoms with van der Waals surface area (Å²) in [6.45, 7) is 8.33. The van der Waals surface area contributed by atoms with Crippen molar-refractivity contribution in [3.63, 3.8) is 0 Å². The van der Waals surface area contributed by atoms with Crippen LogP contribution in [-0.2, 0) is 17.0 Å². The molecule has 0 bridgehead atoms. The summed E-state index contributed by atoms with van der Waals surface area (Å²) in [6, 6.07) is 6.84. The molecule has 0 saturated carbocycles. The second-order valence-electron chi connectivity index (χ2n) is 8.75. The second kappa shape index (κ2) is 7.63. The molecule has 2 aromatic carbocycles. The minimum Gasteiger partial charge on any atom is -0.504 e. The van der Waals surface area contributed by atoms with Crippen molar-refractivity contribution >= 4 is 0 Å². The number of benzene rings is 2. The molecule has 5 nitrogen and oxygen atoms in total. The van der Waals surface area contributed by atoms with Crippen molar-refractivity contribution < 1.29 is 33.2 Å². The Kier molecular flexibility index (Phi) is 5.90. The fraction of sp³-hybridized carbons (Fsp3) is 0.409. The van der Waals surface area contributed by atoms with E-state index in [0.717, 1.165) is 12.1 Å². The predicted octanol–water partition coefficient (Wildman–Crippen LogP) is 5.35. The van der Waals surface area contributed by atoms with E-state index in [2.05, 4.69) is 0 Å². The normalized spacial score (nSPS) is 12.5. The average Bonchev–Trinajstić information content (AvgIpc) is 2.60. The van der Waals surface area contributed by atoms with Gasteiger partial charge in [-0.05, 0) is 28.7 Å². The fourth-order valence-corrected chi connectivity index (χ4v) is 3.16. The van der Waals surface area contributed by atoms with Gasteiger partial charge in [0.1, 0.15) is 5.56 Å². The van der Waals surface area contributed by atoms with Crippen molar-refractivity contribution in [2.45, 2.75) is 51.6 Å². The summed E-state index contributed by atoms with van der Waals surface area (Å²) in [5.74, 6) is -2.39. The van der Waals surface area contributed by atoms with Crippen LogP contribution in [0.3, 0.4) is 0 Å². The first-order chi connectivity index (χ1) is 13.6. The highest BCUT2D eigenvalue weighted by atomic mass is 19.4. The van der Waals surface area contributed by atoms with Crippen LogP contribution in [0.25, 0.3) is 0 Å². The Bertz CT molecular complexity index is 999. The number of halogens is 3. The van der Waals surface area contributed by atoms with Gasteiger partial charge in [0.2, 0.25) is 0 Å². The van der Waals surface area contributed by atoms with Crippen LogP contribution in [0.2, 0.25) is 0 Å². The fourth-order valence-electron chi connectivity index (χ4n) is 3.16. The summed E-state index contributed by atoms with van der Waals surface area (Å²) in [5.41, 5.74) is -2.40. The summed E-state index contributed by atoms with van der Waals surface area (Å²) < 4.78 is 46.3. The zero-order chi connectivity index (χ0) is 23.1. The lowest BCUT2D eigenvalue weighted by Gasteiger charge is -2.29. The molecule has 0 atom stereocenters. The van der Waals surface area contributed by atoms with Crippen LogP contribution in [0.4, 0.5) is 13.2 Å². The molecular weight excluding hydrogens is 399 g/mol. The maximum atomic E-state index is 13.5. The molecule has 2 rings (SSSR count). The summed E-state index contributed by atoms with van der Waals surface area (Å²) in [6.07, 6.45) is -4.90. The van der Waals surface area contributed by atoms with E-state index in [1.807, 2.05) is 26.8 Å². The Hall–Kier alpha value is -3.08. The van der Waals surface area contributed by atoms with Crippen LogP contribution >= 0.6 is 0 Å². The van der Waals surface area contributed by atoms with E-state index in [-0.39, 0.29) is 29.2 Å². The molecule has 0 aliphatic heterocycles. The van der Waals surface area contributed by atoms with Gasteiger partial charge in [-0.2, -0.15) is 18.4 Å². The second-order valence-corrected chi connectivity index (χ2v) is 8.75. The van der Waals surface area contributed by atoms with E-state index in [1.165, 1.54) is 26.0 Å². The lowest BCUT2D eigenvalue weighted by atomic mass is 9.81. The molecule has 0 unspecified atom stereocenters. The standard InChI is InChI=1S/C22H24F3NO4/c1-20(2,3)14-9-17(16(28)8-12(14)10-26)30-11-21(4,5)13-6-7-15(27)19(29)18(13)22(23,24)25/h6-9,27-29H,11H2,1-5H3. The lowest BCUT2D eigenvalue weighted by molar-refractivity contribution is -0.140. The van der Waals surface area contributed by atoms with Gasteiger partial charge < -0.3 is 20.1 Å². The van der Waals surface area contributed by atoms with Gasteiger partial charge in [0.15, 0.2) is 23.0 Å². The highest BCUT2D eigenvalue weighted by Crippen LogP contribution is 2.46. The first kappa shape index (κ1) is 23.2. The quantitative estimate of drug-likeness (QED) is 0.577. The minimum atomic E-state index is -4.90. The monoisotopic (exact) mass is 423 g/mol. The number of nitriles is 1. The summed E-state index contributed by atoms with van der Waals surface area (Å²) in [4.78, 5) is 0. The molecular formula is C22H24F3NO4. The van der Waals surface area contributed by atoms with Gasteiger partial charge in [0.05, 0.1) is 18.2 Å². The number of rotatable bonds is 4. The first-order valence-electron chi connectivity index (χ1n) is 9.12. The molecule has 3 N–H and O–H groups in total. The highest BCUT2D eigenvalue weighted by Gasteiger charge is 2.42. The van der Waals surface area contributed by atoms with Crippen LogP contribution < -0.4 is 4.74 Å². The van der Waals surface area contributed by atoms with E-state index in [1.54, 1.807) is 0 Å². The van der Waals surface area contributed by atoms with Crippen molar-refractivity contribution in [2.24, 2.45) is 0 Å². The average molecular weight is 423 g/mol. The zero-order valence-electron chi connectivity index (χ0n) is 17.3. The highest BCUT2D eigenvalue weighted by molar-refractivity contribution is 5.54. The van der Waals surface area contributed by atoms with Gasteiger partial charge in [-0.25, -0.2) is 0 Å². The SMILES string of the molecule is CC(C)(C)c1cc(OCC(C)(C)c2ccc(O)c(O)c2C(F)(F)F)c(O)cc1C#N. The van der Waals surface area contributed by atoms with Crippen LogP contribution in [0.1, 0.15) is 56.9 Å². The number of hydrogen-bond donors (Lipinski definition) is 3. The third-order valence-corrected chi connectivity index (χ3v) is 4.79. The first-order valence-corrected chi connectivity index (χ1v) is 9.12. The molecule has 8 heteroatoms. The lowest BCUT2D eigenvalue weighted by Crippen LogP contribution is -2.29. The van der Waals surface area contributed by atoms with Gasteiger partial charge in [0, 0.05) is 11.5 Å². The molecule has 0 aliphatic rings. The van der Waals surface area contributed by atoms with Gasteiger partial charge in [-0.1, -0.05) is 40.7 Å². The number of phenolic OH excluding ortho intramolecular Hbond substituents is 3. The Morgan fingerprint density at radius 2 is 1.53 bits per heavy atom. The zero-order valence-corrected chi connectivity index (χ0v) is 17.3. The molecule has 162 valence electrons. The molecule has 0 amide bonds. The summed E-state index contributed by atoms with van der Waals surface area (Å²) in [5, 5.41) is 38.8. The van der Waals surface area contributed by atoms with E-state index < -0.39 is 34.1 Å². The smallest absolute Gasteiger partial charge is 0.420 e. The number of nitrogens with zero attached hydrogens (tertiary/aromatic N) is 1. The van der Waals surface area contributed by atoms with Gasteiger partial charge in [0.25, 0.3) is 0 Å². The largest absolute Gasteiger partial charge is 0.504 e. The molecule has 0 saturated heterocycles. The molecule has 0 radical (unpaired) electrons. The van der Waals surface area contributed by atoms with E-state index in [9.17, 15) is 33.8 Å². The van der Waals surface area contributed by atoms with Crippen LogP contribution in [0, 0.1) is 11.3 Å². The van der Waals surface area contributed by atoms with Crippen LogP contribution in [-0.4, -0.2) is 21.9 Å². The molecule has 0 aliphatic carbocycles. The Morgan fingerprint density at radius 1 is 0.933 bits per heavy atom. The van der Waals surface area contributed by atoms with Crippen LogP contribution in [0.15, 0.2) is 24.3 Å². The number of aromatic hydroxyl groups is 3. The Morgan fingerprint density at radius 3 is 2.03 bits per heavy atom. The van der Waals surface area contributed by atoms with Gasteiger partial charge >= 0.3 is 6.18 Å². The van der Waals surface area contributed by atoms with E-state index in [4.69, 9.17) is 4.74 Å². The van der Waals surface area contributed by atoms with Gasteiger partial charge in [-0.3, -0.25) is 0 Å². The van der Waals surface area contributed by atoms with E-state index >= 15 is 0 Å². The van der Waals surface area contributed by atoms with E-state index in [0.29, 0.717) is 5.56 Å². The molecule has 0 spiro atoms. The van der Waals surface area contributed by atoms with Crippen molar-refractivity contribution in [3.8, 4) is 29.1 Å². The third kappa shape index (κ3) is 4.56. The maximum Gasteiger partial charge on any atom is 0.420 e. The molecule has 0 fully saturated rings. The molecule has 2 aromatic rings. The number of alkyl halides is 3. The van der Waals surface area contributed by atoms with Crippen molar-refractivity contribution in [1.29, 1.82) is 5.26 Å². The van der Waals surface area contributed by atoms with Crippen molar-refractivity contribution in [2.75, 3.05) is 6.61 Å². The summed E-state index contributed by atoms with van der Waals surface area (Å²) >= 11 is 0. The Labute approximate surface area is 173 Å². The molecule has 0 heterocycles. The van der Waals surface area contributed by atoms with Gasteiger partial charge in [-0.15, -0.1) is 0 Å². The maximum absolute atomic E-state index is 13.5. The summed E-state index contributed by atoms with van der Waals surface area (Å²) in [7, 11) is 0. The van der Waals surface area contributed by atoms with Crippen LogP contribution in [0.5, 0.6) is 23.0 Å².